The van der Waals surface area contributed by atoms with Gasteiger partial charge in [-0.05, 0) is 31.9 Å². The molecule has 0 fully saturated rings. The molecule has 0 aliphatic carbocycles. The fourth-order valence-electron chi connectivity index (χ4n) is 4.07. The number of ether oxygens (including phenoxy) is 1. The van der Waals surface area contributed by atoms with Crippen LogP contribution in [0, 0.1) is 6.92 Å². The van der Waals surface area contributed by atoms with E-state index in [-0.39, 0.29) is 17.7 Å². The number of hydrogen-bond acceptors (Lipinski definition) is 4. The van der Waals surface area contributed by atoms with Crippen LogP contribution in [0.25, 0.3) is 11.1 Å². The average Bonchev–Trinajstić information content (AvgIpc) is 2.99. The van der Waals surface area contributed by atoms with E-state index in [9.17, 15) is 4.79 Å². The van der Waals surface area contributed by atoms with Gasteiger partial charge in [0.25, 0.3) is 0 Å². The van der Waals surface area contributed by atoms with Crippen LogP contribution in [0.3, 0.4) is 0 Å². The summed E-state index contributed by atoms with van der Waals surface area (Å²) in [5.41, 5.74) is 5.16. The molecule has 2 aliphatic rings. The summed E-state index contributed by atoms with van der Waals surface area (Å²) in [6.07, 6.45) is 0.744. The van der Waals surface area contributed by atoms with E-state index < -0.39 is 0 Å². The Hall–Kier alpha value is -2.86. The van der Waals surface area contributed by atoms with Crippen molar-refractivity contribution in [2.75, 3.05) is 5.32 Å². The van der Waals surface area contributed by atoms with Crippen LogP contribution < -0.4 is 10.6 Å². The molecule has 3 aromatic rings. The maximum absolute atomic E-state index is 12.4. The van der Waals surface area contributed by atoms with Crippen molar-refractivity contribution in [3.63, 3.8) is 0 Å². The van der Waals surface area contributed by atoms with Crippen LogP contribution in [0.15, 0.2) is 34.7 Å². The highest BCUT2D eigenvalue weighted by Crippen LogP contribution is 2.44. The smallest absolute Gasteiger partial charge is 0.320 e. The fourth-order valence-corrected chi connectivity index (χ4v) is 4.07. The normalized spacial score (nSPS) is 20.6. The Balaban J connectivity index is 1.77. The SMILES string of the molecule is Cc1nc2oc3c(c2c2c1COC(C)(C)C2)NC(=O)N[C@H]3c1ccccc1. The van der Waals surface area contributed by atoms with Crippen molar-refractivity contribution in [3.8, 4) is 0 Å². The predicted octanol–water partition coefficient (Wildman–Crippen LogP) is 4.21. The lowest BCUT2D eigenvalue weighted by molar-refractivity contribution is -0.0400. The third-order valence-electron chi connectivity index (χ3n) is 5.41. The van der Waals surface area contributed by atoms with E-state index in [1.54, 1.807) is 0 Å². The van der Waals surface area contributed by atoms with Gasteiger partial charge in [-0.1, -0.05) is 30.3 Å². The number of anilines is 1. The summed E-state index contributed by atoms with van der Waals surface area (Å²) < 4.78 is 12.2. The Kier molecular flexibility index (Phi) is 3.37. The van der Waals surface area contributed by atoms with Gasteiger partial charge in [0.05, 0.1) is 23.3 Å². The Bertz CT molecular complexity index is 1070. The maximum Gasteiger partial charge on any atom is 0.320 e. The largest absolute Gasteiger partial charge is 0.438 e. The molecule has 2 aliphatic heterocycles. The third kappa shape index (κ3) is 2.51. The molecule has 0 radical (unpaired) electrons. The van der Waals surface area contributed by atoms with Gasteiger partial charge in [0.1, 0.15) is 6.04 Å². The zero-order chi connectivity index (χ0) is 18.8. The number of nitrogens with one attached hydrogen (secondary N) is 2. The first-order valence-electron chi connectivity index (χ1n) is 9.14. The van der Waals surface area contributed by atoms with E-state index in [4.69, 9.17) is 9.15 Å². The van der Waals surface area contributed by atoms with Crippen molar-refractivity contribution in [2.24, 2.45) is 0 Å². The van der Waals surface area contributed by atoms with Crippen molar-refractivity contribution >= 4 is 22.8 Å². The van der Waals surface area contributed by atoms with E-state index in [1.165, 1.54) is 0 Å². The van der Waals surface area contributed by atoms with Crippen LogP contribution in [0.1, 0.15) is 48.0 Å². The summed E-state index contributed by atoms with van der Waals surface area (Å²) in [6.45, 7) is 6.66. The second-order valence-electron chi connectivity index (χ2n) is 7.84. The number of carbonyl (C=O) groups excluding carboxylic acids is 1. The number of aromatic nitrogens is 1. The van der Waals surface area contributed by atoms with Crippen molar-refractivity contribution in [1.29, 1.82) is 0 Å². The molecule has 0 unspecified atom stereocenters. The molecule has 6 nitrogen and oxygen atoms in total. The molecule has 138 valence electrons. The fraction of sp³-hybridized carbons (Fsp3) is 0.333. The highest BCUT2D eigenvalue weighted by Gasteiger charge is 2.36. The number of nitrogens with zero attached hydrogens (tertiary/aromatic N) is 1. The molecular weight excluding hydrogens is 342 g/mol. The summed E-state index contributed by atoms with van der Waals surface area (Å²) in [7, 11) is 0. The Labute approximate surface area is 156 Å². The first-order valence-corrected chi connectivity index (χ1v) is 9.14. The van der Waals surface area contributed by atoms with Gasteiger partial charge in [-0.2, -0.15) is 0 Å². The molecule has 0 bridgehead atoms. The van der Waals surface area contributed by atoms with Crippen molar-refractivity contribution in [1.82, 2.24) is 10.3 Å². The molecule has 2 N–H and O–H groups in total. The molecule has 6 heteroatoms. The van der Waals surface area contributed by atoms with Crippen LogP contribution >= 0.6 is 0 Å². The minimum absolute atomic E-state index is 0.236. The number of amides is 2. The lowest BCUT2D eigenvalue weighted by Gasteiger charge is -2.33. The highest BCUT2D eigenvalue weighted by molar-refractivity contribution is 6.04. The minimum Gasteiger partial charge on any atom is -0.438 e. The molecule has 2 amide bonds. The summed E-state index contributed by atoms with van der Waals surface area (Å²) in [5.74, 6) is 0.695. The second-order valence-corrected chi connectivity index (χ2v) is 7.84. The lowest BCUT2D eigenvalue weighted by atomic mass is 9.88. The number of carbonyl (C=O) groups is 1. The molecule has 1 aromatic carbocycles. The summed E-state index contributed by atoms with van der Waals surface area (Å²) >= 11 is 0. The van der Waals surface area contributed by atoms with Gasteiger partial charge in [-0.3, -0.25) is 0 Å². The standard InChI is InChI=1S/C21H21N3O3/c1-11-14-10-26-21(2,3)9-13(14)15-17-18(27-19(15)22-11)16(23-20(25)24-17)12-7-5-4-6-8-12/h4-8,16H,9-10H2,1-3H3,(H2,23,24,25)/t16-/m0/s1. The number of furan rings is 1. The van der Waals surface area contributed by atoms with Crippen LogP contribution in [-0.4, -0.2) is 16.6 Å². The Morgan fingerprint density at radius 3 is 2.74 bits per heavy atom. The number of rotatable bonds is 1. The van der Waals surface area contributed by atoms with Gasteiger partial charge in [-0.15, -0.1) is 0 Å². The van der Waals surface area contributed by atoms with E-state index >= 15 is 0 Å². The summed E-state index contributed by atoms with van der Waals surface area (Å²) in [4.78, 5) is 17.1. The molecular formula is C21H21N3O3. The lowest BCUT2D eigenvalue weighted by Crippen LogP contribution is -2.38. The van der Waals surface area contributed by atoms with E-state index in [1.807, 2.05) is 37.3 Å². The number of urea groups is 1. The maximum atomic E-state index is 12.4. The average molecular weight is 363 g/mol. The zero-order valence-electron chi connectivity index (χ0n) is 15.6. The van der Waals surface area contributed by atoms with Crippen LogP contribution in [-0.2, 0) is 17.8 Å². The van der Waals surface area contributed by atoms with E-state index in [2.05, 4.69) is 29.5 Å². The van der Waals surface area contributed by atoms with E-state index in [0.29, 0.717) is 18.1 Å². The Morgan fingerprint density at radius 2 is 1.96 bits per heavy atom. The van der Waals surface area contributed by atoms with Gasteiger partial charge in [0.2, 0.25) is 5.71 Å². The zero-order valence-corrected chi connectivity index (χ0v) is 15.6. The van der Waals surface area contributed by atoms with Crippen LogP contribution in [0.2, 0.25) is 0 Å². The van der Waals surface area contributed by atoms with E-state index in [0.717, 1.165) is 39.9 Å². The van der Waals surface area contributed by atoms with Gasteiger partial charge >= 0.3 is 6.03 Å². The predicted molar refractivity (Wildman–Crippen MR) is 102 cm³/mol. The van der Waals surface area contributed by atoms with Crippen LogP contribution in [0.5, 0.6) is 0 Å². The molecule has 0 saturated heterocycles. The summed E-state index contributed by atoms with van der Waals surface area (Å²) in [6, 6.07) is 9.26. The monoisotopic (exact) mass is 363 g/mol. The van der Waals surface area contributed by atoms with Crippen molar-refractivity contribution in [2.45, 2.75) is 45.4 Å². The number of hydrogen-bond donors (Lipinski definition) is 2. The molecule has 1 atom stereocenters. The molecule has 27 heavy (non-hydrogen) atoms. The molecule has 0 saturated carbocycles. The van der Waals surface area contributed by atoms with Gasteiger partial charge in [-0.25, -0.2) is 9.78 Å². The van der Waals surface area contributed by atoms with Crippen LogP contribution in [0.4, 0.5) is 10.5 Å². The van der Waals surface area contributed by atoms with Gasteiger partial charge in [0.15, 0.2) is 5.76 Å². The summed E-state index contributed by atoms with van der Waals surface area (Å²) in [5, 5.41) is 6.82. The van der Waals surface area contributed by atoms with Gasteiger partial charge < -0.3 is 19.8 Å². The first-order chi connectivity index (χ1) is 12.9. The highest BCUT2D eigenvalue weighted by atomic mass is 16.5. The molecule has 2 aromatic heterocycles. The second kappa shape index (κ2) is 5.57. The number of benzene rings is 1. The van der Waals surface area contributed by atoms with Crippen molar-refractivity contribution in [3.05, 3.63) is 58.5 Å². The topological polar surface area (TPSA) is 76.4 Å². The minimum atomic E-state index is -0.340. The molecule has 5 rings (SSSR count). The van der Waals surface area contributed by atoms with Gasteiger partial charge in [0, 0.05) is 17.7 Å². The van der Waals surface area contributed by atoms with Crippen molar-refractivity contribution < 1.29 is 13.9 Å². The Morgan fingerprint density at radius 1 is 1.19 bits per heavy atom. The number of fused-ring (bicyclic) bond motifs is 5. The number of pyridine rings is 1. The third-order valence-corrected chi connectivity index (χ3v) is 5.41. The first kappa shape index (κ1) is 16.3. The number of aryl methyl sites for hydroxylation is 1. The quantitative estimate of drug-likeness (QED) is 0.679. The molecule has 4 heterocycles. The molecule has 0 spiro atoms.